The van der Waals surface area contributed by atoms with Crippen LogP contribution < -0.4 is 5.32 Å². The molecule has 0 fully saturated rings. The highest BCUT2D eigenvalue weighted by Gasteiger charge is 2.29. The van der Waals surface area contributed by atoms with E-state index in [-0.39, 0.29) is 11.6 Å². The molecule has 0 unspecified atom stereocenters. The van der Waals surface area contributed by atoms with Crippen LogP contribution in [0.4, 0.5) is 23.7 Å². The molecule has 0 radical (unpaired) electrons. The highest BCUT2D eigenvalue weighted by atomic mass is 19.4. The zero-order valence-corrected chi connectivity index (χ0v) is 11.7. The molecule has 1 rings (SSSR count). The lowest BCUT2D eigenvalue weighted by atomic mass is 10.1. The second kappa shape index (κ2) is 6.47. The first-order valence-corrected chi connectivity index (χ1v) is 5.93. The lowest BCUT2D eigenvalue weighted by Crippen LogP contribution is -2.24. The smallest absolute Gasteiger partial charge is 0.422 e. The first-order chi connectivity index (χ1) is 9.60. The lowest BCUT2D eigenvalue weighted by Gasteiger charge is -2.14. The van der Waals surface area contributed by atoms with Gasteiger partial charge in [0, 0.05) is 25.3 Å². The summed E-state index contributed by atoms with van der Waals surface area (Å²) in [7, 11) is 3.12. The number of halogens is 3. The van der Waals surface area contributed by atoms with Gasteiger partial charge in [-0.25, -0.2) is 4.79 Å². The number of carbonyl (C=O) groups excluding carboxylic acids is 2. The van der Waals surface area contributed by atoms with Gasteiger partial charge < -0.3 is 9.64 Å². The number of benzene rings is 1. The van der Waals surface area contributed by atoms with Crippen molar-refractivity contribution in [1.82, 2.24) is 4.90 Å². The first kappa shape index (κ1) is 16.8. The van der Waals surface area contributed by atoms with Crippen molar-refractivity contribution < 1.29 is 27.5 Å². The van der Waals surface area contributed by atoms with E-state index >= 15 is 0 Å². The molecular weight excluding hydrogens is 289 g/mol. The molecule has 0 aliphatic carbocycles. The quantitative estimate of drug-likeness (QED) is 0.934. The van der Waals surface area contributed by atoms with E-state index in [0.29, 0.717) is 11.1 Å². The summed E-state index contributed by atoms with van der Waals surface area (Å²) in [5.41, 5.74) is 1.11. The Labute approximate surface area is 119 Å². The van der Waals surface area contributed by atoms with Crippen molar-refractivity contribution in [3.05, 3.63) is 29.3 Å². The van der Waals surface area contributed by atoms with Crippen LogP contribution in [-0.4, -0.2) is 43.8 Å². The Morgan fingerprint density at radius 2 is 1.90 bits per heavy atom. The van der Waals surface area contributed by atoms with Gasteiger partial charge in [-0.15, -0.1) is 0 Å². The van der Waals surface area contributed by atoms with Crippen LogP contribution in [0, 0.1) is 6.92 Å². The maximum Gasteiger partial charge on any atom is 0.422 e. The number of aryl methyl sites for hydroxylation is 1. The molecule has 0 saturated carbocycles. The van der Waals surface area contributed by atoms with Crippen molar-refractivity contribution in [2.24, 2.45) is 0 Å². The molecule has 0 heterocycles. The predicted octanol–water partition coefficient (Wildman–Crippen LogP) is 2.81. The highest BCUT2D eigenvalue weighted by molar-refractivity contribution is 5.96. The summed E-state index contributed by atoms with van der Waals surface area (Å²) in [6.07, 6.45) is -5.82. The van der Waals surface area contributed by atoms with Gasteiger partial charge in [0.05, 0.1) is 0 Å². The average Bonchev–Trinajstić information content (AvgIpc) is 2.37. The second-order valence-electron chi connectivity index (χ2n) is 4.55. The Bertz CT molecular complexity index is 542. The molecule has 0 aromatic heterocycles. The number of amides is 2. The Morgan fingerprint density at radius 3 is 2.43 bits per heavy atom. The van der Waals surface area contributed by atoms with Gasteiger partial charge in [-0.1, -0.05) is 6.07 Å². The number of nitrogens with zero attached hydrogens (tertiary/aromatic N) is 1. The number of hydrogen-bond acceptors (Lipinski definition) is 3. The SMILES string of the molecule is Cc1ccc(C(=O)N(C)C)cc1NC(=O)OCC(F)(F)F. The second-order valence-corrected chi connectivity index (χ2v) is 4.55. The van der Waals surface area contributed by atoms with Crippen molar-refractivity contribution >= 4 is 17.7 Å². The average molecular weight is 304 g/mol. The molecule has 0 saturated heterocycles. The van der Waals surface area contributed by atoms with Crippen LogP contribution in [-0.2, 0) is 4.74 Å². The van der Waals surface area contributed by atoms with Gasteiger partial charge in [0.25, 0.3) is 5.91 Å². The van der Waals surface area contributed by atoms with Crippen molar-refractivity contribution in [1.29, 1.82) is 0 Å². The van der Waals surface area contributed by atoms with Gasteiger partial charge in [-0.3, -0.25) is 10.1 Å². The van der Waals surface area contributed by atoms with Crippen molar-refractivity contribution in [3.8, 4) is 0 Å². The summed E-state index contributed by atoms with van der Waals surface area (Å²) in [6.45, 7) is -0.0303. The summed E-state index contributed by atoms with van der Waals surface area (Å²) in [5, 5.41) is 2.19. The van der Waals surface area contributed by atoms with E-state index in [9.17, 15) is 22.8 Å². The molecule has 1 aromatic carbocycles. The highest BCUT2D eigenvalue weighted by Crippen LogP contribution is 2.19. The minimum absolute atomic E-state index is 0.217. The molecular formula is C13H15F3N2O3. The molecule has 21 heavy (non-hydrogen) atoms. The van der Waals surface area contributed by atoms with E-state index in [1.807, 2.05) is 0 Å². The molecule has 5 nitrogen and oxygen atoms in total. The number of anilines is 1. The molecule has 0 atom stereocenters. The van der Waals surface area contributed by atoms with Crippen LogP contribution >= 0.6 is 0 Å². The maximum atomic E-state index is 11.9. The largest absolute Gasteiger partial charge is 0.440 e. The number of alkyl halides is 3. The molecule has 8 heteroatoms. The minimum Gasteiger partial charge on any atom is -0.440 e. The number of carbonyl (C=O) groups is 2. The lowest BCUT2D eigenvalue weighted by molar-refractivity contribution is -0.159. The number of hydrogen-bond donors (Lipinski definition) is 1. The van der Waals surface area contributed by atoms with E-state index in [0.717, 1.165) is 0 Å². The van der Waals surface area contributed by atoms with Crippen molar-refractivity contribution in [2.75, 3.05) is 26.0 Å². The zero-order chi connectivity index (χ0) is 16.2. The van der Waals surface area contributed by atoms with Gasteiger partial charge in [0.1, 0.15) is 0 Å². The number of rotatable bonds is 3. The van der Waals surface area contributed by atoms with E-state index in [4.69, 9.17) is 0 Å². The number of ether oxygens (including phenoxy) is 1. The van der Waals surface area contributed by atoms with E-state index in [2.05, 4.69) is 10.1 Å². The van der Waals surface area contributed by atoms with Crippen LogP contribution in [0.2, 0.25) is 0 Å². The Kier molecular flexibility index (Phi) is 5.17. The minimum atomic E-state index is -4.59. The molecule has 116 valence electrons. The normalized spacial score (nSPS) is 11.0. The van der Waals surface area contributed by atoms with Gasteiger partial charge in [-0.2, -0.15) is 13.2 Å². The monoisotopic (exact) mass is 304 g/mol. The third-order valence-electron chi connectivity index (χ3n) is 2.49. The van der Waals surface area contributed by atoms with E-state index < -0.39 is 18.9 Å². The standard InChI is InChI=1S/C13H15F3N2O3/c1-8-4-5-9(11(19)18(2)3)6-10(8)17-12(20)21-7-13(14,15)16/h4-6H,7H2,1-3H3,(H,17,20). The van der Waals surface area contributed by atoms with Crippen LogP contribution in [0.3, 0.4) is 0 Å². The third-order valence-corrected chi connectivity index (χ3v) is 2.49. The van der Waals surface area contributed by atoms with E-state index in [1.165, 1.54) is 11.0 Å². The summed E-state index contributed by atoms with van der Waals surface area (Å²) < 4.78 is 39.9. The molecule has 1 N–H and O–H groups in total. The van der Waals surface area contributed by atoms with Crippen LogP contribution in [0.5, 0.6) is 0 Å². The number of nitrogens with one attached hydrogen (secondary N) is 1. The van der Waals surface area contributed by atoms with Gasteiger partial charge in [-0.05, 0) is 24.6 Å². The van der Waals surface area contributed by atoms with Gasteiger partial charge >= 0.3 is 12.3 Å². The van der Waals surface area contributed by atoms with Crippen LogP contribution in [0.25, 0.3) is 0 Å². The molecule has 1 aromatic rings. The van der Waals surface area contributed by atoms with Gasteiger partial charge in [0.15, 0.2) is 6.61 Å². The predicted molar refractivity (Wildman–Crippen MR) is 70.2 cm³/mol. The molecule has 2 amide bonds. The van der Waals surface area contributed by atoms with Gasteiger partial charge in [0.2, 0.25) is 0 Å². The fourth-order valence-electron chi connectivity index (χ4n) is 1.44. The topological polar surface area (TPSA) is 58.6 Å². The summed E-state index contributed by atoms with van der Waals surface area (Å²) >= 11 is 0. The Balaban J connectivity index is 2.81. The first-order valence-electron chi connectivity index (χ1n) is 5.93. The fraction of sp³-hybridized carbons (Fsp3) is 0.385. The van der Waals surface area contributed by atoms with Crippen molar-refractivity contribution in [3.63, 3.8) is 0 Å². The molecule has 0 aliphatic rings. The van der Waals surface area contributed by atoms with Crippen molar-refractivity contribution in [2.45, 2.75) is 13.1 Å². The molecule has 0 bridgehead atoms. The summed E-state index contributed by atoms with van der Waals surface area (Å²) in [6, 6.07) is 4.52. The Morgan fingerprint density at radius 1 is 1.29 bits per heavy atom. The van der Waals surface area contributed by atoms with E-state index in [1.54, 1.807) is 33.2 Å². The van der Waals surface area contributed by atoms with Crippen LogP contribution in [0.1, 0.15) is 15.9 Å². The maximum absolute atomic E-state index is 11.9. The van der Waals surface area contributed by atoms with Crippen LogP contribution in [0.15, 0.2) is 18.2 Å². The molecule has 0 aliphatic heterocycles. The summed E-state index contributed by atoms with van der Waals surface area (Å²) in [4.78, 5) is 24.4. The fourth-order valence-corrected chi connectivity index (χ4v) is 1.44. The zero-order valence-electron chi connectivity index (χ0n) is 11.7. The third kappa shape index (κ3) is 5.33. The Hall–Kier alpha value is -2.25. The molecule has 0 spiro atoms. The summed E-state index contributed by atoms with van der Waals surface area (Å²) in [5.74, 6) is -0.290.